The van der Waals surface area contributed by atoms with Gasteiger partial charge in [-0.05, 0) is 31.9 Å². The molecule has 33 heavy (non-hydrogen) atoms. The third-order valence-electron chi connectivity index (χ3n) is 6.07. The van der Waals surface area contributed by atoms with E-state index in [0.717, 1.165) is 49.0 Å². The number of hydrogen-bond donors (Lipinski definition) is 1. The highest BCUT2D eigenvalue weighted by molar-refractivity contribution is 7.92. The van der Waals surface area contributed by atoms with Gasteiger partial charge >= 0.3 is 0 Å². The maximum Gasteiger partial charge on any atom is 0.275 e. The number of rotatable bonds is 4. The molecule has 0 radical (unpaired) electrons. The zero-order chi connectivity index (χ0) is 23.2. The first kappa shape index (κ1) is 21.8. The van der Waals surface area contributed by atoms with Gasteiger partial charge in [0.25, 0.3) is 10.0 Å². The molecule has 0 saturated heterocycles. The minimum Gasteiger partial charge on any atom is -0.288 e. The van der Waals surface area contributed by atoms with E-state index < -0.39 is 15.8 Å². The normalized spacial score (nSPS) is 17.1. The zero-order valence-corrected chi connectivity index (χ0v) is 19.7. The number of thiazole rings is 1. The fourth-order valence-electron chi connectivity index (χ4n) is 4.30. The Balaban J connectivity index is 1.68. The molecule has 9 heteroatoms. The number of nitrogens with one attached hydrogen (secondary N) is 1. The minimum atomic E-state index is -4.02. The van der Waals surface area contributed by atoms with E-state index in [2.05, 4.69) is 4.83 Å². The first-order chi connectivity index (χ1) is 15.8. The SMILES string of the molecule is Cc1ccc(S(=O)(=O)Nn2c3c(sc2=NC2CCCCC2)C(=O)c2ccccc2C3=O)cc1. The number of benzene rings is 2. The molecule has 0 spiro atoms. The number of fused-ring (bicyclic) bond motifs is 2. The summed E-state index contributed by atoms with van der Waals surface area (Å²) in [6, 6.07) is 13.1. The number of ketones is 2. The Morgan fingerprint density at radius 2 is 1.58 bits per heavy atom. The standard InChI is InChI=1S/C24H23N3O4S2/c1-15-11-13-17(14-12-15)33(30,31)26-27-20-21(28)18-9-5-6-10-19(18)22(29)23(20)32-24(27)25-16-7-3-2-4-8-16/h5-6,9-14,16,26H,2-4,7-8H2,1H3. The van der Waals surface area contributed by atoms with E-state index in [1.807, 2.05) is 6.92 Å². The van der Waals surface area contributed by atoms with Crippen molar-refractivity contribution in [3.05, 3.63) is 80.6 Å². The number of hydrogen-bond acceptors (Lipinski definition) is 6. The smallest absolute Gasteiger partial charge is 0.275 e. The monoisotopic (exact) mass is 481 g/mol. The molecule has 1 heterocycles. The Hall–Kier alpha value is -3.04. The fraction of sp³-hybridized carbons (Fsp3) is 0.292. The van der Waals surface area contributed by atoms with Crippen LogP contribution < -0.4 is 9.63 Å². The zero-order valence-electron chi connectivity index (χ0n) is 18.1. The molecular weight excluding hydrogens is 458 g/mol. The first-order valence-electron chi connectivity index (χ1n) is 10.9. The van der Waals surface area contributed by atoms with Crippen LogP contribution in [0.3, 0.4) is 0 Å². The van der Waals surface area contributed by atoms with Crippen LogP contribution in [0.2, 0.25) is 0 Å². The lowest BCUT2D eigenvalue weighted by molar-refractivity contribution is 0.0976. The van der Waals surface area contributed by atoms with Gasteiger partial charge in [-0.25, -0.2) is 9.51 Å². The molecule has 3 aromatic rings. The Labute approximate surface area is 195 Å². The van der Waals surface area contributed by atoms with Crippen molar-refractivity contribution in [3.63, 3.8) is 0 Å². The average Bonchev–Trinajstić information content (AvgIpc) is 3.16. The van der Waals surface area contributed by atoms with Crippen LogP contribution in [-0.2, 0) is 10.0 Å². The molecule has 1 N–H and O–H groups in total. The molecule has 7 nitrogen and oxygen atoms in total. The largest absolute Gasteiger partial charge is 0.288 e. The van der Waals surface area contributed by atoms with Crippen LogP contribution in [0.1, 0.15) is 69.0 Å². The summed E-state index contributed by atoms with van der Waals surface area (Å²) in [7, 11) is -4.02. The van der Waals surface area contributed by atoms with Crippen LogP contribution in [0.4, 0.5) is 0 Å². The molecular formula is C24H23N3O4S2. The Bertz CT molecular complexity index is 1430. The highest BCUT2D eigenvalue weighted by Crippen LogP contribution is 2.29. The number of carbonyl (C=O) groups is 2. The van der Waals surface area contributed by atoms with E-state index >= 15 is 0 Å². The molecule has 170 valence electrons. The molecule has 2 aromatic carbocycles. The maximum absolute atomic E-state index is 13.4. The maximum atomic E-state index is 13.4. The van der Waals surface area contributed by atoms with E-state index in [1.54, 1.807) is 36.4 Å². The van der Waals surface area contributed by atoms with Gasteiger partial charge in [-0.1, -0.05) is 72.6 Å². The summed E-state index contributed by atoms with van der Waals surface area (Å²) in [5.41, 5.74) is 1.54. The summed E-state index contributed by atoms with van der Waals surface area (Å²) in [6.07, 6.45) is 5.05. The predicted molar refractivity (Wildman–Crippen MR) is 126 cm³/mol. The Morgan fingerprint density at radius 3 is 2.24 bits per heavy atom. The number of carbonyl (C=O) groups excluding carboxylic acids is 2. The van der Waals surface area contributed by atoms with E-state index in [0.29, 0.717) is 10.4 Å². The molecule has 1 aromatic heterocycles. The van der Waals surface area contributed by atoms with Crippen molar-refractivity contribution in [2.75, 3.05) is 4.83 Å². The molecule has 0 unspecified atom stereocenters. The fourth-order valence-corrected chi connectivity index (χ4v) is 6.47. The second-order valence-corrected chi connectivity index (χ2v) is 11.1. The molecule has 0 atom stereocenters. The van der Waals surface area contributed by atoms with Crippen LogP contribution in [0, 0.1) is 6.92 Å². The van der Waals surface area contributed by atoms with E-state index in [4.69, 9.17) is 4.99 Å². The van der Waals surface area contributed by atoms with Crippen molar-refractivity contribution in [3.8, 4) is 0 Å². The molecule has 2 aliphatic carbocycles. The summed E-state index contributed by atoms with van der Waals surface area (Å²) < 4.78 is 27.6. The molecule has 5 rings (SSSR count). The van der Waals surface area contributed by atoms with Gasteiger partial charge in [-0.3, -0.25) is 14.6 Å². The predicted octanol–water partition coefficient (Wildman–Crippen LogP) is 3.80. The summed E-state index contributed by atoms with van der Waals surface area (Å²) in [5.74, 6) is -0.688. The lowest BCUT2D eigenvalue weighted by Gasteiger charge is -2.18. The van der Waals surface area contributed by atoms with E-state index in [9.17, 15) is 18.0 Å². The van der Waals surface area contributed by atoms with E-state index in [1.165, 1.54) is 16.8 Å². The third kappa shape index (κ3) is 3.95. The van der Waals surface area contributed by atoms with Crippen molar-refractivity contribution in [1.82, 2.24) is 4.68 Å². The van der Waals surface area contributed by atoms with Crippen molar-refractivity contribution < 1.29 is 18.0 Å². The lowest BCUT2D eigenvalue weighted by atomic mass is 9.91. The van der Waals surface area contributed by atoms with E-state index in [-0.39, 0.29) is 32.9 Å². The Morgan fingerprint density at radius 1 is 0.939 bits per heavy atom. The van der Waals surface area contributed by atoms with Gasteiger partial charge < -0.3 is 0 Å². The second kappa shape index (κ2) is 8.39. The molecule has 1 saturated carbocycles. The van der Waals surface area contributed by atoms with Gasteiger partial charge in [0.2, 0.25) is 16.4 Å². The minimum absolute atomic E-state index is 0.0222. The molecule has 1 fully saturated rings. The summed E-state index contributed by atoms with van der Waals surface area (Å²) in [6.45, 7) is 1.87. The third-order valence-corrected chi connectivity index (χ3v) is 8.44. The van der Waals surface area contributed by atoms with Crippen molar-refractivity contribution in [1.29, 1.82) is 0 Å². The highest BCUT2D eigenvalue weighted by atomic mass is 32.2. The molecule has 2 aliphatic rings. The molecule has 0 aliphatic heterocycles. The molecule has 0 bridgehead atoms. The number of aromatic nitrogens is 1. The summed E-state index contributed by atoms with van der Waals surface area (Å²) in [5, 5.41) is 0. The van der Waals surface area contributed by atoms with Crippen molar-refractivity contribution in [2.45, 2.75) is 50.0 Å². The van der Waals surface area contributed by atoms with Gasteiger partial charge in [0.1, 0.15) is 10.6 Å². The quantitative estimate of drug-likeness (QED) is 0.479. The topological polar surface area (TPSA) is 97.6 Å². The first-order valence-corrected chi connectivity index (χ1v) is 13.2. The molecule has 0 amide bonds. The van der Waals surface area contributed by atoms with Crippen LogP contribution in [0.15, 0.2) is 58.4 Å². The van der Waals surface area contributed by atoms with Crippen molar-refractivity contribution in [2.24, 2.45) is 4.99 Å². The average molecular weight is 482 g/mol. The Kier molecular flexibility index (Phi) is 5.54. The van der Waals surface area contributed by atoms with Crippen LogP contribution in [-0.4, -0.2) is 30.7 Å². The van der Waals surface area contributed by atoms with Gasteiger partial charge in [0, 0.05) is 11.1 Å². The second-order valence-electron chi connectivity index (χ2n) is 8.43. The van der Waals surface area contributed by atoms with Gasteiger partial charge in [0.05, 0.1) is 10.9 Å². The van der Waals surface area contributed by atoms with Gasteiger partial charge in [0.15, 0.2) is 0 Å². The van der Waals surface area contributed by atoms with Gasteiger partial charge in [-0.2, -0.15) is 8.42 Å². The van der Waals surface area contributed by atoms with Crippen LogP contribution in [0.5, 0.6) is 0 Å². The summed E-state index contributed by atoms with van der Waals surface area (Å²) >= 11 is 1.07. The van der Waals surface area contributed by atoms with Crippen LogP contribution >= 0.6 is 11.3 Å². The summed E-state index contributed by atoms with van der Waals surface area (Å²) in [4.78, 5) is 34.5. The highest BCUT2D eigenvalue weighted by Gasteiger charge is 2.36. The van der Waals surface area contributed by atoms with Crippen LogP contribution in [0.25, 0.3) is 0 Å². The number of nitrogens with zero attached hydrogens (tertiary/aromatic N) is 2. The number of aryl methyl sites for hydroxylation is 1. The van der Waals surface area contributed by atoms with Crippen molar-refractivity contribution >= 4 is 32.9 Å². The lowest BCUT2D eigenvalue weighted by Crippen LogP contribution is -2.35. The number of sulfonamides is 1. The van der Waals surface area contributed by atoms with Gasteiger partial charge in [-0.15, -0.1) is 0 Å².